The molecule has 0 saturated heterocycles. The Morgan fingerprint density at radius 2 is 1.22 bits per heavy atom. The second kappa shape index (κ2) is 11.1. The molecule has 0 N–H and O–H groups in total. The molecule has 4 rings (SSSR count). The summed E-state index contributed by atoms with van der Waals surface area (Å²) in [6, 6.07) is 30.8. The van der Waals surface area contributed by atoms with Crippen LogP contribution in [0.1, 0.15) is 19.3 Å². The van der Waals surface area contributed by atoms with Crippen LogP contribution in [0.4, 0.5) is 0 Å². The third kappa shape index (κ3) is 4.54. The predicted molar refractivity (Wildman–Crippen MR) is 143 cm³/mol. The lowest BCUT2D eigenvalue weighted by Crippen LogP contribution is -2.70. The van der Waals surface area contributed by atoms with Crippen molar-refractivity contribution in [2.24, 2.45) is 11.3 Å². The summed E-state index contributed by atoms with van der Waals surface area (Å²) in [6.45, 7) is 3.93. The smallest absolute Gasteiger partial charge is 0.323 e. The van der Waals surface area contributed by atoms with Gasteiger partial charge in [0.1, 0.15) is 0 Å². The summed E-state index contributed by atoms with van der Waals surface area (Å²) >= 11 is 0. The van der Waals surface area contributed by atoms with E-state index in [1.807, 2.05) is 60.7 Å². The van der Waals surface area contributed by atoms with E-state index in [-0.39, 0.29) is 18.8 Å². The molecule has 0 spiro atoms. The molecule has 0 bridgehead atoms. The third-order valence-corrected chi connectivity index (χ3v) is 11.3. The largest absolute Gasteiger partial charge is 0.468 e. The van der Waals surface area contributed by atoms with Crippen molar-refractivity contribution in [1.82, 2.24) is 0 Å². The van der Waals surface area contributed by atoms with Crippen LogP contribution in [-0.2, 0) is 23.5 Å². The molecule has 3 aromatic rings. The van der Waals surface area contributed by atoms with E-state index in [2.05, 4.69) is 43.0 Å². The number of esters is 2. The van der Waals surface area contributed by atoms with Gasteiger partial charge in [0.2, 0.25) is 0 Å². The van der Waals surface area contributed by atoms with Gasteiger partial charge in [-0.2, -0.15) is 0 Å². The number of allylic oxidation sites excluding steroid dienone is 1. The lowest BCUT2D eigenvalue weighted by atomic mass is 9.85. The zero-order chi connectivity index (χ0) is 25.6. The minimum atomic E-state index is -3.05. The average Bonchev–Trinajstić information content (AvgIpc) is 3.31. The van der Waals surface area contributed by atoms with E-state index in [0.717, 1.165) is 15.6 Å². The molecule has 0 heterocycles. The van der Waals surface area contributed by atoms with E-state index in [4.69, 9.17) is 13.9 Å². The summed E-state index contributed by atoms with van der Waals surface area (Å²) in [5.74, 6) is -1.27. The Bertz CT molecular complexity index is 1070. The van der Waals surface area contributed by atoms with Crippen LogP contribution in [0.15, 0.2) is 104 Å². The van der Waals surface area contributed by atoms with E-state index >= 15 is 0 Å². The lowest BCUT2D eigenvalue weighted by Gasteiger charge is -2.37. The van der Waals surface area contributed by atoms with Gasteiger partial charge < -0.3 is 13.9 Å². The fraction of sp³-hybridized carbons (Fsp3) is 0.267. The highest BCUT2D eigenvalue weighted by molar-refractivity contribution is 7.07. The molecule has 0 aromatic heterocycles. The Labute approximate surface area is 213 Å². The first-order valence-corrected chi connectivity index (χ1v) is 14.0. The molecule has 1 saturated carbocycles. The Morgan fingerprint density at radius 3 is 1.58 bits per heavy atom. The number of ether oxygens (including phenoxy) is 2. The van der Waals surface area contributed by atoms with Crippen LogP contribution in [0.5, 0.6) is 0 Å². The average molecular weight is 501 g/mol. The van der Waals surface area contributed by atoms with Crippen LogP contribution >= 0.6 is 0 Å². The molecule has 1 aliphatic rings. The highest BCUT2D eigenvalue weighted by Crippen LogP contribution is 2.47. The van der Waals surface area contributed by atoms with Crippen molar-refractivity contribution in [3.63, 3.8) is 0 Å². The number of hydrogen-bond acceptors (Lipinski definition) is 5. The van der Waals surface area contributed by atoms with Gasteiger partial charge in [-0.25, -0.2) is 0 Å². The molecule has 186 valence electrons. The number of methoxy groups -OCH3 is 2. The molecular weight excluding hydrogens is 468 g/mol. The van der Waals surface area contributed by atoms with Crippen molar-refractivity contribution in [2.45, 2.75) is 25.4 Å². The summed E-state index contributed by atoms with van der Waals surface area (Å²) < 4.78 is 17.6. The first-order valence-electron chi connectivity index (χ1n) is 12.1. The zero-order valence-electron chi connectivity index (χ0n) is 20.8. The predicted octanol–water partition coefficient (Wildman–Crippen LogP) is 3.36. The van der Waals surface area contributed by atoms with Gasteiger partial charge in [0, 0.05) is 0 Å². The van der Waals surface area contributed by atoms with Crippen LogP contribution in [0.2, 0.25) is 0 Å². The maximum absolute atomic E-state index is 13.0. The maximum Gasteiger partial charge on any atom is 0.323 e. The van der Waals surface area contributed by atoms with Crippen molar-refractivity contribution in [2.75, 3.05) is 14.2 Å². The van der Waals surface area contributed by atoms with E-state index in [0.29, 0.717) is 6.42 Å². The molecule has 36 heavy (non-hydrogen) atoms. The first kappa shape index (κ1) is 25.6. The van der Waals surface area contributed by atoms with Gasteiger partial charge in [0.05, 0.1) is 20.3 Å². The second-order valence-corrected chi connectivity index (χ2v) is 12.5. The molecule has 1 aliphatic carbocycles. The number of benzene rings is 3. The SMILES string of the molecule is C=CC[C@@H]1CC(C(=O)OC)(C(=O)OC)C[C@@H]1O[Si](c1ccccc1)(c1ccccc1)c1ccccc1. The topological polar surface area (TPSA) is 61.8 Å². The van der Waals surface area contributed by atoms with Gasteiger partial charge in [-0.1, -0.05) is 97.1 Å². The van der Waals surface area contributed by atoms with Crippen LogP contribution in [-0.4, -0.2) is 40.6 Å². The standard InChI is InChI=1S/C30H32O5Si/c1-4-14-23-21-30(28(31)33-2,29(32)34-3)22-27(23)35-36(24-15-8-5-9-16-24,25-17-10-6-11-18-25)26-19-12-7-13-20-26/h4-13,15-20,23,27H,1,14,21-22H2,2-3H3/t23-,27+/m1/s1. The molecule has 0 amide bonds. The highest BCUT2D eigenvalue weighted by atomic mass is 28.4. The molecule has 5 nitrogen and oxygen atoms in total. The molecule has 0 aliphatic heterocycles. The van der Waals surface area contributed by atoms with Gasteiger partial charge in [-0.3, -0.25) is 9.59 Å². The minimum Gasteiger partial charge on any atom is -0.468 e. The molecule has 6 heteroatoms. The Hall–Kier alpha value is -3.48. The molecule has 0 unspecified atom stereocenters. The van der Waals surface area contributed by atoms with Gasteiger partial charge in [0.25, 0.3) is 8.32 Å². The van der Waals surface area contributed by atoms with E-state index in [9.17, 15) is 9.59 Å². The number of rotatable bonds is 9. The summed E-state index contributed by atoms with van der Waals surface area (Å²) in [5.41, 5.74) is -1.41. The Kier molecular flexibility index (Phi) is 7.87. The van der Waals surface area contributed by atoms with Crippen molar-refractivity contribution < 1.29 is 23.5 Å². The highest BCUT2D eigenvalue weighted by Gasteiger charge is 2.59. The molecule has 1 fully saturated rings. The van der Waals surface area contributed by atoms with Crippen molar-refractivity contribution in [3.8, 4) is 0 Å². The normalized spacial score (nSPS) is 18.8. The van der Waals surface area contributed by atoms with Gasteiger partial charge >= 0.3 is 11.9 Å². The van der Waals surface area contributed by atoms with Crippen molar-refractivity contribution in [1.29, 1.82) is 0 Å². The monoisotopic (exact) mass is 500 g/mol. The quantitative estimate of drug-likeness (QED) is 0.148. The van der Waals surface area contributed by atoms with Crippen molar-refractivity contribution in [3.05, 3.63) is 104 Å². The molecule has 2 atom stereocenters. The van der Waals surface area contributed by atoms with E-state index < -0.39 is 31.8 Å². The van der Waals surface area contributed by atoms with Gasteiger partial charge in [0.15, 0.2) is 5.41 Å². The molecule has 3 aromatic carbocycles. The first-order chi connectivity index (χ1) is 17.5. The number of hydrogen-bond donors (Lipinski definition) is 0. The summed E-state index contributed by atoms with van der Waals surface area (Å²) in [7, 11) is -0.438. The third-order valence-electron chi connectivity index (χ3n) is 7.18. The second-order valence-electron chi connectivity index (χ2n) is 9.19. The van der Waals surface area contributed by atoms with Crippen LogP contribution in [0, 0.1) is 11.3 Å². The summed E-state index contributed by atoms with van der Waals surface area (Å²) in [5, 5.41) is 3.27. The van der Waals surface area contributed by atoms with Crippen LogP contribution in [0.25, 0.3) is 0 Å². The molecular formula is C30H32O5Si. The van der Waals surface area contributed by atoms with Gasteiger partial charge in [-0.15, -0.1) is 6.58 Å². The van der Waals surface area contributed by atoms with Crippen LogP contribution in [0.3, 0.4) is 0 Å². The van der Waals surface area contributed by atoms with Gasteiger partial charge in [-0.05, 0) is 40.7 Å². The minimum absolute atomic E-state index is 0.108. The lowest BCUT2D eigenvalue weighted by molar-refractivity contribution is -0.169. The van der Waals surface area contributed by atoms with E-state index in [1.54, 1.807) is 0 Å². The van der Waals surface area contributed by atoms with Crippen molar-refractivity contribution >= 4 is 35.8 Å². The fourth-order valence-electron chi connectivity index (χ4n) is 5.52. The number of carbonyl (C=O) groups excluding carboxylic acids is 2. The summed E-state index contributed by atoms with van der Waals surface area (Å²) in [6.07, 6.45) is 2.50. The maximum atomic E-state index is 13.0. The summed E-state index contributed by atoms with van der Waals surface area (Å²) in [4.78, 5) is 26.0. The Morgan fingerprint density at radius 1 is 0.806 bits per heavy atom. The number of carbonyl (C=O) groups is 2. The fourth-order valence-corrected chi connectivity index (χ4v) is 9.64. The zero-order valence-corrected chi connectivity index (χ0v) is 21.8. The van der Waals surface area contributed by atoms with E-state index in [1.165, 1.54) is 14.2 Å². The Balaban J connectivity index is 1.91. The molecule has 0 radical (unpaired) electrons. The van der Waals surface area contributed by atoms with Crippen LogP contribution < -0.4 is 15.6 Å².